The summed E-state index contributed by atoms with van der Waals surface area (Å²) >= 11 is 0. The minimum Gasteiger partial charge on any atom is -0.303 e. The second kappa shape index (κ2) is 2.69. The van der Waals surface area contributed by atoms with Gasteiger partial charge in [0.15, 0.2) is 0 Å². The number of alkyl halides is 1. The van der Waals surface area contributed by atoms with E-state index in [0.29, 0.717) is 6.54 Å². The molecular weight excluding hydrogens is 153 g/mol. The molecule has 12 heavy (non-hydrogen) atoms. The summed E-state index contributed by atoms with van der Waals surface area (Å²) in [5, 5.41) is 0. The summed E-state index contributed by atoms with van der Waals surface area (Å²) in [4.78, 5) is 2.08. The van der Waals surface area contributed by atoms with Crippen LogP contribution < -0.4 is 0 Å². The molecule has 0 aromatic rings. The van der Waals surface area contributed by atoms with Crippen molar-refractivity contribution in [3.63, 3.8) is 0 Å². The lowest BCUT2D eigenvalue weighted by Crippen LogP contribution is -2.37. The van der Waals surface area contributed by atoms with Crippen LogP contribution in [-0.2, 0) is 0 Å². The van der Waals surface area contributed by atoms with Gasteiger partial charge in [-0.15, -0.1) is 0 Å². The van der Waals surface area contributed by atoms with Gasteiger partial charge in [-0.3, -0.25) is 0 Å². The second-order valence-corrected chi connectivity index (χ2v) is 5.39. The highest BCUT2D eigenvalue weighted by molar-refractivity contribution is 4.98. The normalized spacial score (nSPS) is 39.0. The van der Waals surface area contributed by atoms with Crippen molar-refractivity contribution in [1.29, 1.82) is 0 Å². The van der Waals surface area contributed by atoms with Gasteiger partial charge in [-0.2, -0.15) is 0 Å². The topological polar surface area (TPSA) is 3.24 Å². The Hall–Kier alpha value is -0.110. The number of hydrogen-bond acceptors (Lipinski definition) is 1. The third-order valence-electron chi connectivity index (χ3n) is 2.85. The van der Waals surface area contributed by atoms with E-state index in [9.17, 15) is 4.39 Å². The molecule has 1 nitrogen and oxygen atoms in total. The predicted octanol–water partition coefficient (Wildman–Crippen LogP) is 2.32. The summed E-state index contributed by atoms with van der Waals surface area (Å²) in [5.74, 6) is 0.162. The maximum absolute atomic E-state index is 14.0. The Morgan fingerprint density at radius 1 is 1.42 bits per heavy atom. The highest BCUT2D eigenvalue weighted by Gasteiger charge is 2.47. The van der Waals surface area contributed by atoms with E-state index < -0.39 is 5.67 Å². The molecule has 0 bridgehead atoms. The zero-order valence-electron chi connectivity index (χ0n) is 8.82. The van der Waals surface area contributed by atoms with Crippen LogP contribution in [0.5, 0.6) is 0 Å². The Morgan fingerprint density at radius 3 is 2.08 bits per heavy atom. The summed E-state index contributed by atoms with van der Waals surface area (Å²) in [6, 6.07) is 0. The van der Waals surface area contributed by atoms with Gasteiger partial charge >= 0.3 is 0 Å². The first-order chi connectivity index (χ1) is 5.23. The van der Waals surface area contributed by atoms with Crippen LogP contribution in [0.2, 0.25) is 0 Å². The fraction of sp³-hybridized carbons (Fsp3) is 1.00. The molecule has 1 heterocycles. The summed E-state index contributed by atoms with van der Waals surface area (Å²) in [7, 11) is 1.99. The molecule has 0 saturated carbocycles. The zero-order valence-corrected chi connectivity index (χ0v) is 8.82. The third-order valence-corrected chi connectivity index (χ3v) is 2.85. The summed E-state index contributed by atoms with van der Waals surface area (Å²) in [5.41, 5.74) is -0.929. The smallest absolute Gasteiger partial charge is 0.125 e. The summed E-state index contributed by atoms with van der Waals surface area (Å²) < 4.78 is 14.0. The molecule has 0 aliphatic carbocycles. The first kappa shape index (κ1) is 9.97. The van der Waals surface area contributed by atoms with E-state index in [-0.39, 0.29) is 11.3 Å². The van der Waals surface area contributed by atoms with Crippen LogP contribution in [0.3, 0.4) is 0 Å². The number of hydrogen-bond donors (Lipinski definition) is 0. The van der Waals surface area contributed by atoms with Crippen molar-refractivity contribution in [2.45, 2.75) is 33.4 Å². The van der Waals surface area contributed by atoms with Crippen LogP contribution in [-0.4, -0.2) is 30.7 Å². The average Bonchev–Trinajstić information content (AvgIpc) is 2.02. The molecule has 0 spiro atoms. The molecule has 0 amide bonds. The monoisotopic (exact) mass is 173 g/mol. The van der Waals surface area contributed by atoms with Gasteiger partial charge in [0.2, 0.25) is 0 Å². The highest BCUT2D eigenvalue weighted by atomic mass is 19.1. The lowest BCUT2D eigenvalue weighted by atomic mass is 9.74. The van der Waals surface area contributed by atoms with E-state index in [4.69, 9.17) is 0 Å². The third kappa shape index (κ3) is 1.79. The molecule has 72 valence electrons. The van der Waals surface area contributed by atoms with Gasteiger partial charge in [-0.1, -0.05) is 20.8 Å². The lowest BCUT2D eigenvalue weighted by molar-refractivity contribution is 0.0734. The van der Waals surface area contributed by atoms with E-state index in [1.807, 2.05) is 7.05 Å². The Balaban J connectivity index is 2.79. The van der Waals surface area contributed by atoms with Gasteiger partial charge in [0.05, 0.1) is 0 Å². The maximum atomic E-state index is 14.0. The zero-order chi connectivity index (χ0) is 9.57. The van der Waals surface area contributed by atoms with E-state index in [1.165, 1.54) is 0 Å². The molecular formula is C10H20FN. The number of nitrogens with zero attached hydrogens (tertiary/aromatic N) is 1. The van der Waals surface area contributed by atoms with Crippen molar-refractivity contribution in [3.8, 4) is 0 Å². The van der Waals surface area contributed by atoms with Crippen molar-refractivity contribution in [3.05, 3.63) is 0 Å². The van der Waals surface area contributed by atoms with Crippen molar-refractivity contribution < 1.29 is 4.39 Å². The molecule has 1 fully saturated rings. The molecule has 1 aliphatic rings. The van der Waals surface area contributed by atoms with Crippen molar-refractivity contribution in [2.75, 3.05) is 20.1 Å². The summed E-state index contributed by atoms with van der Waals surface area (Å²) in [6.07, 6.45) is 0. The van der Waals surface area contributed by atoms with Crippen LogP contribution in [0.1, 0.15) is 27.7 Å². The van der Waals surface area contributed by atoms with Gasteiger partial charge in [-0.25, -0.2) is 4.39 Å². The molecule has 0 aromatic heterocycles. The SMILES string of the molecule is CN1CC(C(C)(C)C)C(C)(F)C1. The van der Waals surface area contributed by atoms with E-state index in [1.54, 1.807) is 6.92 Å². The maximum Gasteiger partial charge on any atom is 0.125 e. The Labute approximate surface area is 74.9 Å². The molecule has 2 unspecified atom stereocenters. The van der Waals surface area contributed by atoms with Crippen LogP contribution in [0.25, 0.3) is 0 Å². The Kier molecular flexibility index (Phi) is 2.24. The molecule has 1 aliphatic heterocycles. The van der Waals surface area contributed by atoms with Crippen LogP contribution in [0.4, 0.5) is 4.39 Å². The van der Waals surface area contributed by atoms with Gasteiger partial charge in [0.1, 0.15) is 5.67 Å². The Bertz CT molecular complexity index is 169. The molecule has 1 rings (SSSR count). The van der Waals surface area contributed by atoms with Gasteiger partial charge in [0.25, 0.3) is 0 Å². The molecule has 0 radical (unpaired) electrons. The van der Waals surface area contributed by atoms with Crippen LogP contribution >= 0.6 is 0 Å². The second-order valence-electron chi connectivity index (χ2n) is 5.39. The average molecular weight is 173 g/mol. The first-order valence-electron chi connectivity index (χ1n) is 4.61. The number of rotatable bonds is 0. The predicted molar refractivity (Wildman–Crippen MR) is 50.0 cm³/mol. The van der Waals surface area contributed by atoms with E-state index in [2.05, 4.69) is 25.7 Å². The quantitative estimate of drug-likeness (QED) is 0.543. The van der Waals surface area contributed by atoms with Gasteiger partial charge in [-0.05, 0) is 19.4 Å². The lowest BCUT2D eigenvalue weighted by Gasteiger charge is -2.33. The molecule has 2 heteroatoms. The largest absolute Gasteiger partial charge is 0.303 e. The van der Waals surface area contributed by atoms with Gasteiger partial charge < -0.3 is 4.90 Å². The molecule has 0 aromatic carbocycles. The van der Waals surface area contributed by atoms with E-state index >= 15 is 0 Å². The number of likely N-dealkylation sites (tertiary alicyclic amines) is 1. The van der Waals surface area contributed by atoms with E-state index in [0.717, 1.165) is 6.54 Å². The minimum atomic E-state index is -1.01. The summed E-state index contributed by atoms with van der Waals surface area (Å²) in [6.45, 7) is 9.55. The Morgan fingerprint density at radius 2 is 1.92 bits per heavy atom. The minimum absolute atomic E-state index is 0.0776. The number of halogens is 1. The van der Waals surface area contributed by atoms with Crippen LogP contribution in [0.15, 0.2) is 0 Å². The van der Waals surface area contributed by atoms with Crippen molar-refractivity contribution in [1.82, 2.24) is 4.90 Å². The highest BCUT2D eigenvalue weighted by Crippen LogP contribution is 2.41. The molecule has 2 atom stereocenters. The fourth-order valence-corrected chi connectivity index (χ4v) is 2.38. The van der Waals surface area contributed by atoms with Crippen molar-refractivity contribution in [2.24, 2.45) is 11.3 Å². The van der Waals surface area contributed by atoms with Crippen molar-refractivity contribution >= 4 is 0 Å². The van der Waals surface area contributed by atoms with Crippen LogP contribution in [0, 0.1) is 11.3 Å². The molecule has 0 N–H and O–H groups in total. The standard InChI is InChI=1S/C10H20FN/c1-9(2,3)8-6-12(5)7-10(8,4)11/h8H,6-7H2,1-5H3. The molecule has 1 saturated heterocycles. The fourth-order valence-electron chi connectivity index (χ4n) is 2.38. The van der Waals surface area contributed by atoms with Gasteiger partial charge in [0, 0.05) is 19.0 Å². The first-order valence-corrected chi connectivity index (χ1v) is 4.61.